The topological polar surface area (TPSA) is 90.0 Å². The van der Waals surface area contributed by atoms with Crippen molar-refractivity contribution in [3.8, 4) is 0 Å². The van der Waals surface area contributed by atoms with E-state index in [9.17, 15) is 4.79 Å². The van der Waals surface area contributed by atoms with E-state index in [-0.39, 0.29) is 11.8 Å². The van der Waals surface area contributed by atoms with E-state index in [2.05, 4.69) is 37.3 Å². The number of aryl methyl sites for hydroxylation is 2. The van der Waals surface area contributed by atoms with Crippen molar-refractivity contribution in [1.29, 1.82) is 0 Å². The minimum Gasteiger partial charge on any atom is -0.342 e. The molecule has 0 spiro atoms. The number of H-pyrrole nitrogens is 1. The molecule has 1 amide bonds. The van der Waals surface area contributed by atoms with E-state index >= 15 is 0 Å². The number of carbonyl (C=O) groups is 1. The summed E-state index contributed by atoms with van der Waals surface area (Å²) in [5.74, 6) is 2.99. The monoisotopic (exact) mass is 397 g/mol. The molecule has 0 aliphatic carbocycles. The number of hydrogen-bond acceptors (Lipinski definition) is 6. The molecule has 156 valence electrons. The summed E-state index contributed by atoms with van der Waals surface area (Å²) in [5.41, 5.74) is 2.00. The Bertz CT molecular complexity index is 856. The molecule has 29 heavy (non-hydrogen) atoms. The Morgan fingerprint density at radius 2 is 1.90 bits per heavy atom. The maximum Gasteiger partial charge on any atom is 0.225 e. The fourth-order valence-corrected chi connectivity index (χ4v) is 4.41. The van der Waals surface area contributed by atoms with Crippen LogP contribution in [-0.4, -0.2) is 69.1 Å². The van der Waals surface area contributed by atoms with Crippen LogP contribution < -0.4 is 5.32 Å². The Kier molecular flexibility index (Phi) is 5.80. The van der Waals surface area contributed by atoms with Crippen molar-refractivity contribution in [1.82, 2.24) is 30.0 Å². The second kappa shape index (κ2) is 8.49. The smallest absolute Gasteiger partial charge is 0.225 e. The second-order valence-corrected chi connectivity index (χ2v) is 8.49. The zero-order valence-electron chi connectivity index (χ0n) is 17.6. The Morgan fingerprint density at radius 1 is 1.10 bits per heavy atom. The average Bonchev–Trinajstić information content (AvgIpc) is 3.12. The van der Waals surface area contributed by atoms with Crippen molar-refractivity contribution >= 4 is 17.5 Å². The highest BCUT2D eigenvalue weighted by Gasteiger charge is 2.31. The lowest BCUT2D eigenvalue weighted by Gasteiger charge is -2.37. The van der Waals surface area contributed by atoms with Crippen molar-refractivity contribution < 1.29 is 4.79 Å². The molecule has 8 heteroatoms. The third-order valence-electron chi connectivity index (χ3n) is 6.04. The van der Waals surface area contributed by atoms with Crippen molar-refractivity contribution in [2.45, 2.75) is 45.4 Å². The minimum absolute atomic E-state index is 0.178. The van der Waals surface area contributed by atoms with Crippen molar-refractivity contribution in [2.24, 2.45) is 5.92 Å². The fraction of sp³-hybridized carbons (Fsp3) is 0.619. The Balaban J connectivity index is 1.45. The van der Waals surface area contributed by atoms with Crippen molar-refractivity contribution in [3.63, 3.8) is 0 Å². The van der Waals surface area contributed by atoms with E-state index in [1.165, 1.54) is 0 Å². The molecular formula is C21H31N7O. The molecule has 2 N–H and O–H groups in total. The number of anilines is 2. The first kappa shape index (κ1) is 19.8. The van der Waals surface area contributed by atoms with Crippen LogP contribution >= 0.6 is 0 Å². The van der Waals surface area contributed by atoms with Gasteiger partial charge in [-0.25, -0.2) is 9.97 Å². The summed E-state index contributed by atoms with van der Waals surface area (Å²) in [4.78, 5) is 26.7. The zero-order chi connectivity index (χ0) is 20.4. The molecule has 0 unspecified atom stereocenters. The Morgan fingerprint density at radius 3 is 2.62 bits per heavy atom. The largest absolute Gasteiger partial charge is 0.342 e. The summed E-state index contributed by atoms with van der Waals surface area (Å²) in [7, 11) is 2.13. The van der Waals surface area contributed by atoms with Crippen LogP contribution in [0.15, 0.2) is 12.1 Å². The number of carbonyl (C=O) groups excluding carboxylic acids is 1. The van der Waals surface area contributed by atoms with Gasteiger partial charge in [0.2, 0.25) is 5.91 Å². The molecule has 0 aromatic carbocycles. The van der Waals surface area contributed by atoms with Crippen LogP contribution in [0.4, 0.5) is 11.6 Å². The molecule has 0 saturated carbocycles. The molecule has 2 aliphatic heterocycles. The lowest BCUT2D eigenvalue weighted by molar-refractivity contribution is -0.138. The molecule has 4 heterocycles. The summed E-state index contributed by atoms with van der Waals surface area (Å²) in [6.07, 6.45) is 4.02. The highest BCUT2D eigenvalue weighted by molar-refractivity contribution is 5.79. The molecule has 1 atom stereocenters. The molecule has 2 fully saturated rings. The normalized spacial score (nSPS) is 21.3. The van der Waals surface area contributed by atoms with Crippen LogP contribution in [0, 0.1) is 19.8 Å². The summed E-state index contributed by atoms with van der Waals surface area (Å²) >= 11 is 0. The van der Waals surface area contributed by atoms with Gasteiger partial charge in [-0.05, 0) is 59.7 Å². The quantitative estimate of drug-likeness (QED) is 0.824. The van der Waals surface area contributed by atoms with E-state index in [1.807, 2.05) is 26.0 Å². The number of amides is 1. The van der Waals surface area contributed by atoms with Crippen molar-refractivity contribution in [3.05, 3.63) is 29.3 Å². The van der Waals surface area contributed by atoms with Crippen LogP contribution in [0.5, 0.6) is 0 Å². The van der Waals surface area contributed by atoms with E-state index in [0.717, 1.165) is 80.7 Å². The third-order valence-corrected chi connectivity index (χ3v) is 6.04. The van der Waals surface area contributed by atoms with Gasteiger partial charge in [-0.2, -0.15) is 5.10 Å². The summed E-state index contributed by atoms with van der Waals surface area (Å²) < 4.78 is 0. The Hall–Kier alpha value is -2.48. The number of hydrogen-bond donors (Lipinski definition) is 2. The Labute approximate surface area is 172 Å². The standard InChI is InChI=1S/C21H31N7O/c1-14-11-20(26-25-14)24-19-12-18(22-15(2)23-19)17-5-4-8-28(13-17)21(29)16-6-9-27(3)10-7-16/h11-12,16-17H,4-10,13H2,1-3H3,(H2,22,23,24,25,26)/t17-/m0/s1. The van der Waals surface area contributed by atoms with Crippen LogP contribution in [0.1, 0.15) is 48.8 Å². The number of aromatic nitrogens is 4. The van der Waals surface area contributed by atoms with Crippen LogP contribution in [0.2, 0.25) is 0 Å². The lowest BCUT2D eigenvalue weighted by Crippen LogP contribution is -2.45. The average molecular weight is 398 g/mol. The molecule has 2 aromatic heterocycles. The molecule has 4 rings (SSSR count). The van der Waals surface area contributed by atoms with Gasteiger partial charge in [0.25, 0.3) is 0 Å². The minimum atomic E-state index is 0.178. The molecule has 2 aromatic rings. The van der Waals surface area contributed by atoms with E-state index < -0.39 is 0 Å². The van der Waals surface area contributed by atoms with Crippen LogP contribution in [0.3, 0.4) is 0 Å². The first-order valence-corrected chi connectivity index (χ1v) is 10.6. The maximum atomic E-state index is 13.1. The molecule has 2 aliphatic rings. The number of likely N-dealkylation sites (tertiary alicyclic amines) is 2. The van der Waals surface area contributed by atoms with Gasteiger partial charge in [-0.15, -0.1) is 0 Å². The number of nitrogens with one attached hydrogen (secondary N) is 2. The number of piperidine rings is 2. The fourth-order valence-electron chi connectivity index (χ4n) is 4.41. The first-order chi connectivity index (χ1) is 14.0. The predicted octanol–water partition coefficient (Wildman–Crippen LogP) is 2.61. The summed E-state index contributed by atoms with van der Waals surface area (Å²) in [6.45, 7) is 7.52. The second-order valence-electron chi connectivity index (χ2n) is 8.49. The summed E-state index contributed by atoms with van der Waals surface area (Å²) in [6, 6.07) is 3.95. The van der Waals surface area contributed by atoms with Gasteiger partial charge in [-0.3, -0.25) is 9.89 Å². The van der Waals surface area contributed by atoms with Crippen molar-refractivity contribution in [2.75, 3.05) is 38.5 Å². The van der Waals surface area contributed by atoms with Gasteiger partial charge >= 0.3 is 0 Å². The maximum absolute atomic E-state index is 13.1. The first-order valence-electron chi connectivity index (χ1n) is 10.6. The van der Waals surface area contributed by atoms with Gasteiger partial charge in [0, 0.05) is 42.8 Å². The van der Waals surface area contributed by atoms with E-state index in [4.69, 9.17) is 4.98 Å². The molecule has 8 nitrogen and oxygen atoms in total. The highest BCUT2D eigenvalue weighted by atomic mass is 16.2. The predicted molar refractivity (Wildman–Crippen MR) is 112 cm³/mol. The molecule has 0 radical (unpaired) electrons. The van der Waals surface area contributed by atoms with Gasteiger partial charge in [0.1, 0.15) is 11.6 Å². The van der Waals surface area contributed by atoms with Crippen LogP contribution in [0.25, 0.3) is 0 Å². The SMILES string of the molecule is Cc1nc(Nc2cc(C)[nH]n2)cc([C@H]2CCCN(C(=O)C3CCN(C)CC3)C2)n1. The van der Waals surface area contributed by atoms with Crippen LogP contribution in [-0.2, 0) is 4.79 Å². The van der Waals surface area contributed by atoms with Gasteiger partial charge < -0.3 is 15.1 Å². The van der Waals surface area contributed by atoms with Gasteiger partial charge in [0.15, 0.2) is 5.82 Å². The van der Waals surface area contributed by atoms with E-state index in [0.29, 0.717) is 5.91 Å². The number of aromatic amines is 1. The third kappa shape index (κ3) is 4.75. The lowest BCUT2D eigenvalue weighted by atomic mass is 9.91. The van der Waals surface area contributed by atoms with E-state index in [1.54, 1.807) is 0 Å². The molecule has 0 bridgehead atoms. The van der Waals surface area contributed by atoms with Gasteiger partial charge in [-0.1, -0.05) is 0 Å². The number of nitrogens with zero attached hydrogens (tertiary/aromatic N) is 5. The summed E-state index contributed by atoms with van der Waals surface area (Å²) in [5, 5.41) is 10.4. The van der Waals surface area contributed by atoms with Gasteiger partial charge in [0.05, 0.1) is 5.69 Å². The number of rotatable bonds is 4. The highest BCUT2D eigenvalue weighted by Crippen LogP contribution is 2.29. The molecular weight excluding hydrogens is 366 g/mol. The zero-order valence-corrected chi connectivity index (χ0v) is 17.6. The molecule has 2 saturated heterocycles.